The van der Waals surface area contributed by atoms with E-state index in [4.69, 9.17) is 5.26 Å². The van der Waals surface area contributed by atoms with Crippen molar-refractivity contribution in [3.05, 3.63) is 58.9 Å². The van der Waals surface area contributed by atoms with Crippen molar-refractivity contribution < 1.29 is 4.39 Å². The molecule has 0 aliphatic carbocycles. The SMILES string of the molecule is Cc1ccc(Nc2cc(C)ccc2C#N)c(F)c1. The molecule has 3 heteroatoms. The summed E-state index contributed by atoms with van der Waals surface area (Å²) in [5.41, 5.74) is 3.38. The van der Waals surface area contributed by atoms with E-state index in [-0.39, 0.29) is 5.82 Å². The molecule has 0 unspecified atom stereocenters. The molecule has 0 saturated heterocycles. The van der Waals surface area contributed by atoms with Gasteiger partial charge in [-0.25, -0.2) is 4.39 Å². The van der Waals surface area contributed by atoms with Gasteiger partial charge in [0.2, 0.25) is 0 Å². The van der Waals surface area contributed by atoms with Gasteiger partial charge < -0.3 is 5.32 Å². The van der Waals surface area contributed by atoms with Crippen LogP contribution in [0.2, 0.25) is 0 Å². The molecule has 18 heavy (non-hydrogen) atoms. The molecule has 0 heterocycles. The van der Waals surface area contributed by atoms with E-state index in [1.165, 1.54) is 6.07 Å². The maximum absolute atomic E-state index is 13.7. The minimum Gasteiger partial charge on any atom is -0.352 e. The maximum atomic E-state index is 13.7. The molecule has 0 fully saturated rings. The van der Waals surface area contributed by atoms with Gasteiger partial charge in [-0.15, -0.1) is 0 Å². The number of nitrogens with one attached hydrogen (secondary N) is 1. The summed E-state index contributed by atoms with van der Waals surface area (Å²) in [5.74, 6) is -0.319. The van der Waals surface area contributed by atoms with E-state index in [9.17, 15) is 4.39 Å². The number of nitrogens with zero attached hydrogens (tertiary/aromatic N) is 1. The van der Waals surface area contributed by atoms with Crippen LogP contribution in [0, 0.1) is 31.0 Å². The first-order valence-corrected chi connectivity index (χ1v) is 5.64. The number of nitriles is 1. The van der Waals surface area contributed by atoms with Gasteiger partial charge >= 0.3 is 0 Å². The van der Waals surface area contributed by atoms with E-state index < -0.39 is 0 Å². The van der Waals surface area contributed by atoms with Crippen LogP contribution in [0.5, 0.6) is 0 Å². The van der Waals surface area contributed by atoms with E-state index in [1.807, 2.05) is 32.0 Å². The zero-order chi connectivity index (χ0) is 13.1. The van der Waals surface area contributed by atoms with Crippen molar-refractivity contribution in [2.24, 2.45) is 0 Å². The number of aryl methyl sites for hydroxylation is 2. The van der Waals surface area contributed by atoms with Crippen LogP contribution in [-0.2, 0) is 0 Å². The lowest BCUT2D eigenvalue weighted by molar-refractivity contribution is 0.630. The lowest BCUT2D eigenvalue weighted by Crippen LogP contribution is -1.97. The lowest BCUT2D eigenvalue weighted by Gasteiger charge is -2.10. The number of rotatable bonds is 2. The van der Waals surface area contributed by atoms with Crippen molar-refractivity contribution in [3.63, 3.8) is 0 Å². The third-order valence-electron chi connectivity index (χ3n) is 2.69. The van der Waals surface area contributed by atoms with Crippen molar-refractivity contribution in [3.8, 4) is 6.07 Å². The largest absolute Gasteiger partial charge is 0.352 e. The van der Waals surface area contributed by atoms with E-state index in [1.54, 1.807) is 12.1 Å². The molecular formula is C15H13FN2. The van der Waals surface area contributed by atoms with Gasteiger partial charge in [0.15, 0.2) is 0 Å². The molecule has 0 spiro atoms. The fourth-order valence-corrected chi connectivity index (χ4v) is 1.73. The first kappa shape index (κ1) is 12.1. The summed E-state index contributed by atoms with van der Waals surface area (Å²) in [7, 11) is 0. The summed E-state index contributed by atoms with van der Waals surface area (Å²) in [5, 5.41) is 12.0. The highest BCUT2D eigenvalue weighted by Crippen LogP contribution is 2.24. The zero-order valence-electron chi connectivity index (χ0n) is 10.3. The van der Waals surface area contributed by atoms with E-state index in [0.29, 0.717) is 16.9 Å². The average Bonchev–Trinajstić information content (AvgIpc) is 2.33. The molecule has 0 amide bonds. The number of halogens is 1. The van der Waals surface area contributed by atoms with Crippen molar-refractivity contribution in [1.29, 1.82) is 5.26 Å². The zero-order valence-corrected chi connectivity index (χ0v) is 10.3. The van der Waals surface area contributed by atoms with Crippen LogP contribution >= 0.6 is 0 Å². The van der Waals surface area contributed by atoms with Gasteiger partial charge in [-0.05, 0) is 49.2 Å². The van der Waals surface area contributed by atoms with Gasteiger partial charge in [0.05, 0.1) is 16.9 Å². The Hall–Kier alpha value is -2.34. The maximum Gasteiger partial charge on any atom is 0.146 e. The molecule has 0 aliphatic rings. The first-order chi connectivity index (χ1) is 8.60. The Morgan fingerprint density at radius 2 is 1.67 bits per heavy atom. The first-order valence-electron chi connectivity index (χ1n) is 5.64. The third kappa shape index (κ3) is 2.49. The lowest BCUT2D eigenvalue weighted by atomic mass is 10.1. The van der Waals surface area contributed by atoms with Gasteiger partial charge in [0.1, 0.15) is 11.9 Å². The van der Waals surface area contributed by atoms with Crippen LogP contribution in [-0.4, -0.2) is 0 Å². The molecule has 2 rings (SSSR count). The number of hydrogen-bond acceptors (Lipinski definition) is 2. The number of benzene rings is 2. The predicted octanol–water partition coefficient (Wildman–Crippen LogP) is 4.06. The second-order valence-electron chi connectivity index (χ2n) is 4.27. The Morgan fingerprint density at radius 1 is 1.00 bits per heavy atom. The molecule has 0 aliphatic heterocycles. The molecule has 90 valence electrons. The van der Waals surface area contributed by atoms with Crippen LogP contribution in [0.15, 0.2) is 36.4 Å². The second-order valence-corrected chi connectivity index (χ2v) is 4.27. The number of anilines is 2. The van der Waals surface area contributed by atoms with Crippen LogP contribution in [0.25, 0.3) is 0 Å². The highest BCUT2D eigenvalue weighted by atomic mass is 19.1. The second kappa shape index (κ2) is 4.89. The van der Waals surface area contributed by atoms with Crippen LogP contribution in [0.1, 0.15) is 16.7 Å². The minimum atomic E-state index is -0.319. The monoisotopic (exact) mass is 240 g/mol. The van der Waals surface area contributed by atoms with E-state index in [2.05, 4.69) is 11.4 Å². The van der Waals surface area contributed by atoms with Crippen molar-refractivity contribution >= 4 is 11.4 Å². The average molecular weight is 240 g/mol. The Bertz CT molecular complexity index is 627. The van der Waals surface area contributed by atoms with Crippen LogP contribution < -0.4 is 5.32 Å². The summed E-state index contributed by atoms with van der Waals surface area (Å²) in [6, 6.07) is 12.5. The normalized spacial score (nSPS) is 9.89. The molecule has 2 aromatic carbocycles. The molecule has 2 aromatic rings. The van der Waals surface area contributed by atoms with Gasteiger partial charge in [-0.2, -0.15) is 5.26 Å². The van der Waals surface area contributed by atoms with Crippen molar-refractivity contribution in [2.45, 2.75) is 13.8 Å². The van der Waals surface area contributed by atoms with Gasteiger partial charge in [0, 0.05) is 0 Å². The molecule has 1 N–H and O–H groups in total. The Morgan fingerprint density at radius 3 is 2.33 bits per heavy atom. The Balaban J connectivity index is 2.40. The molecule has 0 radical (unpaired) electrons. The minimum absolute atomic E-state index is 0.319. The highest BCUT2D eigenvalue weighted by molar-refractivity contribution is 5.67. The molecule has 2 nitrogen and oxygen atoms in total. The fourth-order valence-electron chi connectivity index (χ4n) is 1.73. The number of hydrogen-bond donors (Lipinski definition) is 1. The highest BCUT2D eigenvalue weighted by Gasteiger charge is 2.06. The van der Waals surface area contributed by atoms with Crippen LogP contribution in [0.3, 0.4) is 0 Å². The van der Waals surface area contributed by atoms with Crippen molar-refractivity contribution in [2.75, 3.05) is 5.32 Å². The topological polar surface area (TPSA) is 35.8 Å². The summed E-state index contributed by atoms with van der Waals surface area (Å²) in [4.78, 5) is 0. The summed E-state index contributed by atoms with van der Waals surface area (Å²) in [6.07, 6.45) is 0. The summed E-state index contributed by atoms with van der Waals surface area (Å²) < 4.78 is 13.7. The Labute approximate surface area is 106 Å². The molecule has 0 bridgehead atoms. The molecule has 0 saturated carbocycles. The van der Waals surface area contributed by atoms with Gasteiger partial charge in [-0.3, -0.25) is 0 Å². The smallest absolute Gasteiger partial charge is 0.146 e. The van der Waals surface area contributed by atoms with E-state index in [0.717, 1.165) is 11.1 Å². The molecule has 0 aromatic heterocycles. The fraction of sp³-hybridized carbons (Fsp3) is 0.133. The summed E-state index contributed by atoms with van der Waals surface area (Å²) >= 11 is 0. The quantitative estimate of drug-likeness (QED) is 0.859. The van der Waals surface area contributed by atoms with Crippen LogP contribution in [0.4, 0.5) is 15.8 Å². The van der Waals surface area contributed by atoms with E-state index >= 15 is 0 Å². The van der Waals surface area contributed by atoms with Crippen molar-refractivity contribution in [1.82, 2.24) is 0 Å². The Kier molecular flexibility index (Phi) is 3.29. The molecular weight excluding hydrogens is 227 g/mol. The van der Waals surface area contributed by atoms with Gasteiger partial charge in [-0.1, -0.05) is 12.1 Å². The predicted molar refractivity (Wildman–Crippen MR) is 70.3 cm³/mol. The third-order valence-corrected chi connectivity index (χ3v) is 2.69. The van der Waals surface area contributed by atoms with Gasteiger partial charge in [0.25, 0.3) is 0 Å². The molecule has 0 atom stereocenters. The standard InChI is InChI=1S/C15H13FN2/c1-10-4-6-14(13(16)7-10)18-15-8-11(2)3-5-12(15)9-17/h3-8,18H,1-2H3. The summed E-state index contributed by atoms with van der Waals surface area (Å²) in [6.45, 7) is 3.76.